The summed E-state index contributed by atoms with van der Waals surface area (Å²) in [6, 6.07) is 25.1. The van der Waals surface area contributed by atoms with Gasteiger partial charge in [-0.05, 0) is 127 Å². The number of anilines is 2. The molecule has 0 unspecified atom stereocenters. The fourth-order valence-electron chi connectivity index (χ4n) is 7.52. The number of piperidine rings is 2. The van der Waals surface area contributed by atoms with Crippen molar-refractivity contribution in [3.8, 4) is 0 Å². The molecular formula is C37H34N2O2. The van der Waals surface area contributed by atoms with Crippen LogP contribution in [-0.4, -0.2) is 26.2 Å². The molecule has 0 saturated carbocycles. The van der Waals surface area contributed by atoms with Gasteiger partial charge in [-0.3, -0.25) is 0 Å². The summed E-state index contributed by atoms with van der Waals surface area (Å²) in [5, 5.41) is 9.56. The summed E-state index contributed by atoms with van der Waals surface area (Å²) < 4.78 is 13.3. The average Bonchev–Trinajstić information content (AvgIpc) is 3.57. The topological polar surface area (TPSA) is 32.8 Å². The van der Waals surface area contributed by atoms with E-state index >= 15 is 0 Å². The van der Waals surface area contributed by atoms with Crippen LogP contribution in [0, 0.1) is 6.92 Å². The minimum absolute atomic E-state index is 0.849. The van der Waals surface area contributed by atoms with Gasteiger partial charge in [0.1, 0.15) is 11.2 Å². The third-order valence-electron chi connectivity index (χ3n) is 9.70. The van der Waals surface area contributed by atoms with Crippen LogP contribution < -0.4 is 9.80 Å². The quantitative estimate of drug-likeness (QED) is 0.219. The first-order valence-corrected chi connectivity index (χ1v) is 15.4. The zero-order valence-corrected chi connectivity index (χ0v) is 23.6. The standard InChI is InChI=1S/C37H34N2O2/c1-23-16-31-30-19-24-8-10-28(38-12-4-2-5-13-38)17-26(24)21-33(30)40-36(31)37-35(23)32-20-25-9-11-29(39-14-6-3-7-15-39)18-27(25)22-34(32)41-37/h8-11,16-22H,2-7,12-15H2,1H3. The molecule has 4 nitrogen and oxygen atoms in total. The highest BCUT2D eigenvalue weighted by molar-refractivity contribution is 6.22. The zero-order chi connectivity index (χ0) is 27.1. The van der Waals surface area contributed by atoms with Crippen molar-refractivity contribution >= 4 is 76.8 Å². The Balaban J connectivity index is 1.21. The minimum atomic E-state index is 0.849. The highest BCUT2D eigenvalue weighted by Crippen LogP contribution is 2.43. The molecule has 0 atom stereocenters. The lowest BCUT2D eigenvalue weighted by Gasteiger charge is -2.29. The third kappa shape index (κ3) is 3.66. The number of fused-ring (bicyclic) bond motifs is 9. The monoisotopic (exact) mass is 538 g/mol. The van der Waals surface area contributed by atoms with Gasteiger partial charge in [-0.15, -0.1) is 0 Å². The Morgan fingerprint density at radius 1 is 0.488 bits per heavy atom. The van der Waals surface area contributed by atoms with E-state index in [1.165, 1.54) is 77.0 Å². The lowest BCUT2D eigenvalue weighted by Crippen LogP contribution is -2.29. The fourth-order valence-corrected chi connectivity index (χ4v) is 7.52. The largest absolute Gasteiger partial charge is 0.452 e. The first-order valence-electron chi connectivity index (χ1n) is 15.4. The fraction of sp³-hybridized carbons (Fsp3) is 0.297. The normalized spacial score (nSPS) is 16.8. The van der Waals surface area contributed by atoms with E-state index in [1.54, 1.807) is 0 Å². The molecule has 204 valence electrons. The van der Waals surface area contributed by atoms with Gasteiger partial charge in [0, 0.05) is 59.1 Å². The molecule has 7 aromatic rings. The molecule has 0 N–H and O–H groups in total. The molecule has 2 aliphatic heterocycles. The Morgan fingerprint density at radius 2 is 1.02 bits per heavy atom. The van der Waals surface area contributed by atoms with Crippen LogP contribution in [0.3, 0.4) is 0 Å². The van der Waals surface area contributed by atoms with Gasteiger partial charge >= 0.3 is 0 Å². The van der Waals surface area contributed by atoms with Crippen molar-refractivity contribution in [2.24, 2.45) is 0 Å². The maximum Gasteiger partial charge on any atom is 0.178 e. The first-order chi connectivity index (χ1) is 20.2. The van der Waals surface area contributed by atoms with E-state index in [0.29, 0.717) is 0 Å². The molecule has 41 heavy (non-hydrogen) atoms. The SMILES string of the molecule is Cc1cc2c3cc4ccc(N5CCCCC5)cc4cc3oc2c2oc3cc4cc(N5CCCCC5)ccc4cc3c12. The predicted octanol–water partition coefficient (Wildman–Crippen LogP) is 10.1. The second kappa shape index (κ2) is 8.91. The van der Waals surface area contributed by atoms with Gasteiger partial charge in [0.25, 0.3) is 0 Å². The van der Waals surface area contributed by atoms with E-state index in [4.69, 9.17) is 8.83 Å². The van der Waals surface area contributed by atoms with Crippen LogP contribution >= 0.6 is 0 Å². The number of nitrogens with zero attached hydrogens (tertiary/aromatic N) is 2. The first kappa shape index (κ1) is 23.5. The number of hydrogen-bond acceptors (Lipinski definition) is 4. The Hall–Kier alpha value is -4.18. The van der Waals surface area contributed by atoms with E-state index in [2.05, 4.69) is 83.5 Å². The number of benzene rings is 5. The Kier molecular flexibility index (Phi) is 5.11. The van der Waals surface area contributed by atoms with Gasteiger partial charge in [-0.25, -0.2) is 0 Å². The van der Waals surface area contributed by atoms with Crippen LogP contribution in [0.1, 0.15) is 44.1 Å². The maximum absolute atomic E-state index is 6.65. The Labute approximate surface area is 239 Å². The minimum Gasteiger partial charge on any atom is -0.452 e. The van der Waals surface area contributed by atoms with Crippen LogP contribution in [0.25, 0.3) is 65.4 Å². The summed E-state index contributed by atoms with van der Waals surface area (Å²) in [5.41, 5.74) is 7.41. The van der Waals surface area contributed by atoms with Crippen molar-refractivity contribution in [3.05, 3.63) is 72.3 Å². The second-order valence-electron chi connectivity index (χ2n) is 12.3. The Bertz CT molecular complexity index is 2140. The summed E-state index contributed by atoms with van der Waals surface area (Å²) in [4.78, 5) is 5.04. The molecule has 0 bridgehead atoms. The second-order valence-corrected chi connectivity index (χ2v) is 12.3. The van der Waals surface area contributed by atoms with Gasteiger partial charge in [0.2, 0.25) is 0 Å². The molecule has 9 rings (SSSR count). The number of rotatable bonds is 2. The molecule has 0 aliphatic carbocycles. The molecule has 4 heteroatoms. The molecule has 2 aromatic heterocycles. The molecule has 0 amide bonds. The molecule has 2 saturated heterocycles. The molecular weight excluding hydrogens is 504 g/mol. The highest BCUT2D eigenvalue weighted by atomic mass is 16.4. The van der Waals surface area contributed by atoms with Gasteiger partial charge < -0.3 is 18.6 Å². The predicted molar refractivity (Wildman–Crippen MR) is 173 cm³/mol. The molecule has 4 heterocycles. The zero-order valence-electron chi connectivity index (χ0n) is 23.6. The van der Waals surface area contributed by atoms with E-state index in [-0.39, 0.29) is 0 Å². The molecule has 2 aliphatic rings. The lowest BCUT2D eigenvalue weighted by molar-refractivity contribution is 0.578. The molecule has 0 spiro atoms. The van der Waals surface area contributed by atoms with Crippen molar-refractivity contribution in [1.82, 2.24) is 0 Å². The van der Waals surface area contributed by atoms with Gasteiger partial charge in [0.05, 0.1) is 0 Å². The van der Waals surface area contributed by atoms with E-state index in [9.17, 15) is 0 Å². The Morgan fingerprint density at radius 3 is 1.63 bits per heavy atom. The van der Waals surface area contributed by atoms with Crippen LogP contribution in [-0.2, 0) is 0 Å². The lowest BCUT2D eigenvalue weighted by atomic mass is 10.00. The van der Waals surface area contributed by atoms with Crippen molar-refractivity contribution in [3.63, 3.8) is 0 Å². The molecule has 0 radical (unpaired) electrons. The maximum atomic E-state index is 6.65. The van der Waals surface area contributed by atoms with Gasteiger partial charge in [-0.1, -0.05) is 12.1 Å². The number of aryl methyl sites for hydroxylation is 1. The number of hydrogen-bond donors (Lipinski definition) is 0. The van der Waals surface area contributed by atoms with E-state index in [1.807, 2.05) is 0 Å². The van der Waals surface area contributed by atoms with Crippen molar-refractivity contribution in [2.45, 2.75) is 45.4 Å². The summed E-state index contributed by atoms with van der Waals surface area (Å²) in [6.07, 6.45) is 7.81. The van der Waals surface area contributed by atoms with Crippen molar-refractivity contribution in [1.29, 1.82) is 0 Å². The smallest absolute Gasteiger partial charge is 0.178 e. The summed E-state index contributed by atoms with van der Waals surface area (Å²) in [7, 11) is 0. The molecule has 2 fully saturated rings. The van der Waals surface area contributed by atoms with Crippen molar-refractivity contribution < 1.29 is 8.83 Å². The van der Waals surface area contributed by atoms with Crippen molar-refractivity contribution in [2.75, 3.05) is 36.0 Å². The van der Waals surface area contributed by atoms with E-state index < -0.39 is 0 Å². The van der Waals surface area contributed by atoms with E-state index in [0.717, 1.165) is 70.1 Å². The summed E-state index contributed by atoms with van der Waals surface area (Å²) >= 11 is 0. The van der Waals surface area contributed by atoms with Gasteiger partial charge in [0.15, 0.2) is 11.2 Å². The van der Waals surface area contributed by atoms with Gasteiger partial charge in [-0.2, -0.15) is 0 Å². The van der Waals surface area contributed by atoms with Crippen LogP contribution in [0.15, 0.2) is 75.6 Å². The van der Waals surface area contributed by atoms with Crippen LogP contribution in [0.5, 0.6) is 0 Å². The summed E-state index contributed by atoms with van der Waals surface area (Å²) in [5.74, 6) is 0. The average molecular weight is 539 g/mol. The number of furan rings is 2. The summed E-state index contributed by atoms with van der Waals surface area (Å²) in [6.45, 7) is 6.80. The van der Waals surface area contributed by atoms with Crippen LogP contribution in [0.2, 0.25) is 0 Å². The highest BCUT2D eigenvalue weighted by Gasteiger charge is 2.20. The molecule has 5 aromatic carbocycles. The third-order valence-corrected chi connectivity index (χ3v) is 9.70. The van der Waals surface area contributed by atoms with Crippen LogP contribution in [0.4, 0.5) is 11.4 Å².